The van der Waals surface area contributed by atoms with Crippen LogP contribution in [0.1, 0.15) is 43.3 Å². The van der Waals surface area contributed by atoms with Crippen molar-refractivity contribution in [2.45, 2.75) is 52.1 Å². The zero-order chi connectivity index (χ0) is 16.7. The summed E-state index contributed by atoms with van der Waals surface area (Å²) in [6.45, 7) is 9.89. The molecule has 1 aliphatic heterocycles. The molecular weight excluding hydrogens is 306 g/mol. The van der Waals surface area contributed by atoms with Gasteiger partial charge in [0.2, 0.25) is 0 Å². The molecule has 2 rings (SSSR count). The molecule has 0 amide bonds. The van der Waals surface area contributed by atoms with Gasteiger partial charge in [-0.2, -0.15) is 5.06 Å². The van der Waals surface area contributed by atoms with Crippen molar-refractivity contribution >= 4 is 16.9 Å². The summed E-state index contributed by atoms with van der Waals surface area (Å²) in [5.74, 6) is 0. The highest BCUT2D eigenvalue weighted by Gasteiger charge is 2.46. The van der Waals surface area contributed by atoms with E-state index >= 15 is 0 Å². The summed E-state index contributed by atoms with van der Waals surface area (Å²) in [6, 6.07) is 0. The molecule has 2 heterocycles. The van der Waals surface area contributed by atoms with Crippen LogP contribution in [-0.4, -0.2) is 48.7 Å². The van der Waals surface area contributed by atoms with Crippen LogP contribution in [0, 0.1) is 6.92 Å². The molecule has 0 saturated heterocycles. The molecule has 124 valence electrons. The van der Waals surface area contributed by atoms with Gasteiger partial charge in [-0.3, -0.25) is 15.3 Å². The van der Waals surface area contributed by atoms with E-state index in [4.69, 9.17) is 10.4 Å². The summed E-state index contributed by atoms with van der Waals surface area (Å²) in [5, 5.41) is 29.4. The van der Waals surface area contributed by atoms with Crippen molar-refractivity contribution in [1.82, 2.24) is 15.4 Å². The summed E-state index contributed by atoms with van der Waals surface area (Å²) in [5.41, 5.74) is 0.910. The van der Waals surface area contributed by atoms with Crippen molar-refractivity contribution in [3.8, 4) is 0 Å². The van der Waals surface area contributed by atoms with E-state index < -0.39 is 11.1 Å². The highest BCUT2D eigenvalue weighted by molar-refractivity contribution is 7.12. The van der Waals surface area contributed by atoms with E-state index in [2.05, 4.69) is 9.82 Å². The van der Waals surface area contributed by atoms with Crippen molar-refractivity contribution in [3.05, 3.63) is 21.7 Å². The standard InChI is InChI=1S/C14H23N3O4S/c1-9-11(6-7-21-17(19)20)22-12(15-9)10-8-13(2,3)16(18)14(10,4)5/h8,18-20H,6-7H2,1-5H3. The Morgan fingerprint density at radius 1 is 1.32 bits per heavy atom. The van der Waals surface area contributed by atoms with Crippen molar-refractivity contribution in [2.24, 2.45) is 0 Å². The van der Waals surface area contributed by atoms with Gasteiger partial charge < -0.3 is 5.21 Å². The van der Waals surface area contributed by atoms with Gasteiger partial charge in [-0.05, 0) is 34.6 Å². The van der Waals surface area contributed by atoms with Gasteiger partial charge in [-0.15, -0.1) is 11.3 Å². The Morgan fingerprint density at radius 3 is 2.45 bits per heavy atom. The van der Waals surface area contributed by atoms with Gasteiger partial charge in [0.05, 0.1) is 28.8 Å². The molecule has 1 aromatic rings. The maximum atomic E-state index is 10.4. The van der Waals surface area contributed by atoms with Crippen LogP contribution in [0.15, 0.2) is 6.08 Å². The molecule has 0 aromatic carbocycles. The predicted octanol–water partition coefficient (Wildman–Crippen LogP) is 2.65. The first kappa shape index (κ1) is 17.5. The third kappa shape index (κ3) is 3.23. The highest BCUT2D eigenvalue weighted by Crippen LogP contribution is 2.44. The van der Waals surface area contributed by atoms with Crippen LogP contribution in [0.25, 0.3) is 5.57 Å². The Hall–Kier alpha value is -0.870. The van der Waals surface area contributed by atoms with Gasteiger partial charge in [0, 0.05) is 16.9 Å². The minimum Gasteiger partial charge on any atom is -0.312 e. The largest absolute Gasteiger partial charge is 0.312 e. The minimum absolute atomic E-state index is 0.148. The van der Waals surface area contributed by atoms with Crippen molar-refractivity contribution in [2.75, 3.05) is 6.61 Å². The van der Waals surface area contributed by atoms with Crippen LogP contribution in [-0.2, 0) is 11.3 Å². The topological polar surface area (TPSA) is 89.3 Å². The molecule has 0 saturated carbocycles. The Balaban J connectivity index is 2.24. The molecule has 0 fully saturated rings. The number of thiazole rings is 1. The molecule has 0 aliphatic carbocycles. The fourth-order valence-electron chi connectivity index (χ4n) is 2.74. The smallest absolute Gasteiger partial charge is 0.121 e. The Kier molecular flexibility index (Phi) is 4.74. The first-order valence-corrected chi connectivity index (χ1v) is 7.87. The lowest BCUT2D eigenvalue weighted by molar-refractivity contribution is -0.492. The number of hydroxylamine groups is 2. The minimum atomic E-state index is -0.519. The lowest BCUT2D eigenvalue weighted by Crippen LogP contribution is -2.47. The van der Waals surface area contributed by atoms with Crippen molar-refractivity contribution in [1.29, 1.82) is 0 Å². The van der Waals surface area contributed by atoms with Gasteiger partial charge in [-0.25, -0.2) is 4.98 Å². The third-order valence-corrected chi connectivity index (χ3v) is 5.14. The quantitative estimate of drug-likeness (QED) is 0.716. The van der Waals surface area contributed by atoms with E-state index in [0.717, 1.165) is 21.2 Å². The molecule has 0 atom stereocenters. The molecule has 8 heteroatoms. The first-order valence-electron chi connectivity index (χ1n) is 7.05. The van der Waals surface area contributed by atoms with Crippen LogP contribution in [0.2, 0.25) is 0 Å². The van der Waals surface area contributed by atoms with Crippen LogP contribution < -0.4 is 0 Å². The molecule has 0 spiro atoms. The third-order valence-electron chi connectivity index (χ3n) is 3.89. The van der Waals surface area contributed by atoms with Crippen LogP contribution in [0.5, 0.6) is 0 Å². The highest BCUT2D eigenvalue weighted by atomic mass is 32.1. The average Bonchev–Trinajstić information content (AvgIpc) is 2.82. The van der Waals surface area contributed by atoms with Gasteiger partial charge in [0.1, 0.15) is 5.01 Å². The number of rotatable bonds is 5. The number of hydrogen-bond acceptors (Lipinski definition) is 8. The maximum absolute atomic E-state index is 10.4. The first-order chi connectivity index (χ1) is 10.1. The summed E-state index contributed by atoms with van der Waals surface area (Å²) >= 11 is 1.53. The van der Waals surface area contributed by atoms with E-state index in [0.29, 0.717) is 6.42 Å². The second kappa shape index (κ2) is 5.97. The lowest BCUT2D eigenvalue weighted by Gasteiger charge is -2.35. The Morgan fingerprint density at radius 2 is 1.95 bits per heavy atom. The van der Waals surface area contributed by atoms with Crippen LogP contribution in [0.3, 0.4) is 0 Å². The molecule has 7 nitrogen and oxygen atoms in total. The fraction of sp³-hybridized carbons (Fsp3) is 0.643. The molecular formula is C14H23N3O4S. The average molecular weight is 329 g/mol. The number of aromatic nitrogens is 1. The summed E-state index contributed by atoms with van der Waals surface area (Å²) in [4.78, 5) is 10.2. The van der Waals surface area contributed by atoms with Gasteiger partial charge in [-0.1, -0.05) is 6.08 Å². The summed E-state index contributed by atoms with van der Waals surface area (Å²) < 4.78 is 0. The zero-order valence-electron chi connectivity index (χ0n) is 13.5. The van der Waals surface area contributed by atoms with Crippen molar-refractivity contribution < 1.29 is 20.5 Å². The SMILES string of the molecule is Cc1nc(C2=CC(C)(C)N(O)C2(C)C)sc1CCON(O)O. The maximum Gasteiger partial charge on any atom is 0.121 e. The second-order valence-electron chi connectivity index (χ2n) is 6.45. The molecule has 3 N–H and O–H groups in total. The molecule has 1 aromatic heterocycles. The second-order valence-corrected chi connectivity index (χ2v) is 7.53. The Labute approximate surface area is 133 Å². The van der Waals surface area contributed by atoms with E-state index in [1.165, 1.54) is 16.4 Å². The van der Waals surface area contributed by atoms with Crippen LogP contribution in [0.4, 0.5) is 0 Å². The monoisotopic (exact) mass is 329 g/mol. The van der Waals surface area contributed by atoms with E-state index in [-0.39, 0.29) is 12.0 Å². The number of hydrogen-bond donors (Lipinski definition) is 3. The Bertz CT molecular complexity index is 581. The molecule has 0 radical (unpaired) electrons. The normalized spacial score (nSPS) is 20.7. The van der Waals surface area contributed by atoms with E-state index in [1.807, 2.05) is 40.7 Å². The van der Waals surface area contributed by atoms with Crippen molar-refractivity contribution in [3.63, 3.8) is 0 Å². The zero-order valence-corrected chi connectivity index (χ0v) is 14.3. The van der Waals surface area contributed by atoms with Gasteiger partial charge in [0.15, 0.2) is 0 Å². The molecule has 1 aliphatic rings. The lowest BCUT2D eigenvalue weighted by atomic mass is 9.97. The predicted molar refractivity (Wildman–Crippen MR) is 81.7 cm³/mol. The van der Waals surface area contributed by atoms with E-state index in [9.17, 15) is 5.21 Å². The summed E-state index contributed by atoms with van der Waals surface area (Å²) in [7, 11) is 0. The fourth-order valence-corrected chi connectivity index (χ4v) is 3.96. The summed E-state index contributed by atoms with van der Waals surface area (Å²) in [6.07, 6.45) is 2.57. The number of aryl methyl sites for hydroxylation is 1. The molecule has 0 unspecified atom stereocenters. The van der Waals surface area contributed by atoms with E-state index in [1.54, 1.807) is 0 Å². The molecule has 0 bridgehead atoms. The van der Waals surface area contributed by atoms with Gasteiger partial charge in [0.25, 0.3) is 0 Å². The number of nitrogens with zero attached hydrogens (tertiary/aromatic N) is 3. The molecule has 22 heavy (non-hydrogen) atoms. The van der Waals surface area contributed by atoms with Gasteiger partial charge >= 0.3 is 0 Å². The van der Waals surface area contributed by atoms with Crippen LogP contribution >= 0.6 is 11.3 Å².